The van der Waals surface area contributed by atoms with Gasteiger partial charge < -0.3 is 16.0 Å². The minimum Gasteiger partial charge on any atom is -0.382 e. The summed E-state index contributed by atoms with van der Waals surface area (Å²) in [6.07, 6.45) is 3.22. The molecule has 1 amide bonds. The van der Waals surface area contributed by atoms with Gasteiger partial charge in [0.1, 0.15) is 10.7 Å². The van der Waals surface area contributed by atoms with Gasteiger partial charge in [-0.25, -0.2) is 4.98 Å². The van der Waals surface area contributed by atoms with E-state index in [0.717, 1.165) is 30.9 Å². The summed E-state index contributed by atoms with van der Waals surface area (Å²) in [6, 6.07) is 0.256. The Labute approximate surface area is 124 Å². The lowest BCUT2D eigenvalue weighted by molar-refractivity contribution is 0.0941. The molecule has 1 unspecified atom stereocenters. The number of nitrogens with zero attached hydrogens (tertiary/aromatic N) is 2. The van der Waals surface area contributed by atoms with Crippen LogP contribution < -0.4 is 16.0 Å². The van der Waals surface area contributed by atoms with E-state index in [9.17, 15) is 4.79 Å². The third kappa shape index (κ3) is 3.23. The van der Waals surface area contributed by atoms with Gasteiger partial charge in [-0.05, 0) is 31.6 Å². The van der Waals surface area contributed by atoms with E-state index < -0.39 is 0 Å². The van der Waals surface area contributed by atoms with Crippen molar-refractivity contribution in [3.63, 3.8) is 0 Å². The highest BCUT2D eigenvalue weighted by atomic mass is 32.1. The minimum atomic E-state index is -0.0848. The Bertz CT molecular complexity index is 497. The number of anilines is 2. The fourth-order valence-electron chi connectivity index (χ4n) is 2.59. The summed E-state index contributed by atoms with van der Waals surface area (Å²) in [5, 5.41) is 3.89. The van der Waals surface area contributed by atoms with Crippen LogP contribution in [0.5, 0.6) is 0 Å². The predicted molar refractivity (Wildman–Crippen MR) is 84.4 cm³/mol. The van der Waals surface area contributed by atoms with Crippen molar-refractivity contribution in [2.75, 3.05) is 24.2 Å². The summed E-state index contributed by atoms with van der Waals surface area (Å²) < 4.78 is 0. The Kier molecular flexibility index (Phi) is 4.22. The summed E-state index contributed by atoms with van der Waals surface area (Å²) in [5.41, 5.74) is 6.20. The van der Waals surface area contributed by atoms with Gasteiger partial charge in [-0.15, -0.1) is 0 Å². The molecule has 1 fully saturated rings. The van der Waals surface area contributed by atoms with Crippen molar-refractivity contribution in [2.45, 2.75) is 46.1 Å². The van der Waals surface area contributed by atoms with Gasteiger partial charge in [0, 0.05) is 19.6 Å². The molecule has 0 spiro atoms. The second kappa shape index (κ2) is 5.60. The third-order valence-electron chi connectivity index (χ3n) is 3.95. The predicted octanol–water partition coefficient (Wildman–Crippen LogP) is 2.49. The molecule has 1 atom stereocenters. The molecular formula is C14H24N4OS. The monoisotopic (exact) mass is 296 g/mol. The number of nitrogens with two attached hydrogens (primary N) is 1. The SMILES string of the molecule is CCN(C)c1nc(N)c(C(=O)NC2CCC(C)(C)C2)s1. The van der Waals surface area contributed by atoms with Crippen LogP contribution >= 0.6 is 11.3 Å². The largest absolute Gasteiger partial charge is 0.382 e. The first-order valence-corrected chi connectivity index (χ1v) is 7.92. The van der Waals surface area contributed by atoms with E-state index in [0.29, 0.717) is 16.1 Å². The van der Waals surface area contributed by atoms with Crippen molar-refractivity contribution in [3.05, 3.63) is 4.88 Å². The van der Waals surface area contributed by atoms with Gasteiger partial charge in [-0.1, -0.05) is 25.2 Å². The molecule has 1 aliphatic carbocycles. The van der Waals surface area contributed by atoms with Crippen LogP contribution in [-0.4, -0.2) is 30.5 Å². The smallest absolute Gasteiger partial charge is 0.265 e. The number of hydrogen-bond donors (Lipinski definition) is 2. The topological polar surface area (TPSA) is 71.2 Å². The van der Waals surface area contributed by atoms with Crippen molar-refractivity contribution >= 4 is 28.2 Å². The molecular weight excluding hydrogens is 272 g/mol. The summed E-state index contributed by atoms with van der Waals surface area (Å²) in [6.45, 7) is 7.37. The maximum Gasteiger partial charge on any atom is 0.265 e. The molecule has 3 N–H and O–H groups in total. The molecule has 0 aromatic carbocycles. The second-order valence-corrected chi connectivity index (χ2v) is 7.28. The van der Waals surface area contributed by atoms with E-state index in [4.69, 9.17) is 5.73 Å². The molecule has 112 valence electrons. The number of nitrogen functional groups attached to an aromatic ring is 1. The van der Waals surface area contributed by atoms with Crippen LogP contribution in [0.1, 0.15) is 49.7 Å². The highest BCUT2D eigenvalue weighted by molar-refractivity contribution is 7.18. The van der Waals surface area contributed by atoms with Crippen molar-refractivity contribution in [3.8, 4) is 0 Å². The van der Waals surface area contributed by atoms with Crippen LogP contribution in [0.25, 0.3) is 0 Å². The van der Waals surface area contributed by atoms with E-state index in [-0.39, 0.29) is 11.9 Å². The van der Waals surface area contributed by atoms with Gasteiger partial charge in [0.25, 0.3) is 5.91 Å². The lowest BCUT2D eigenvalue weighted by Crippen LogP contribution is -2.33. The van der Waals surface area contributed by atoms with Gasteiger partial charge in [-0.3, -0.25) is 4.79 Å². The number of nitrogens with one attached hydrogen (secondary N) is 1. The van der Waals surface area contributed by atoms with Gasteiger partial charge in [0.05, 0.1) is 0 Å². The zero-order chi connectivity index (χ0) is 14.9. The highest BCUT2D eigenvalue weighted by Crippen LogP contribution is 2.37. The Morgan fingerprint density at radius 1 is 1.60 bits per heavy atom. The van der Waals surface area contributed by atoms with Gasteiger partial charge in [0.2, 0.25) is 0 Å². The summed E-state index contributed by atoms with van der Waals surface area (Å²) in [7, 11) is 1.94. The molecule has 1 saturated carbocycles. The van der Waals surface area contributed by atoms with Crippen LogP contribution in [0, 0.1) is 5.41 Å². The van der Waals surface area contributed by atoms with E-state index in [2.05, 4.69) is 24.1 Å². The second-order valence-electron chi connectivity index (χ2n) is 6.30. The van der Waals surface area contributed by atoms with Crippen LogP contribution in [0.2, 0.25) is 0 Å². The van der Waals surface area contributed by atoms with E-state index >= 15 is 0 Å². The molecule has 0 bridgehead atoms. The lowest BCUT2D eigenvalue weighted by atomic mass is 9.92. The Morgan fingerprint density at radius 2 is 2.30 bits per heavy atom. The van der Waals surface area contributed by atoms with E-state index in [1.807, 2.05) is 18.9 Å². The van der Waals surface area contributed by atoms with Gasteiger partial charge >= 0.3 is 0 Å². The quantitative estimate of drug-likeness (QED) is 0.895. The first kappa shape index (κ1) is 15.1. The Morgan fingerprint density at radius 3 is 2.85 bits per heavy atom. The Balaban J connectivity index is 2.04. The van der Waals surface area contributed by atoms with E-state index in [1.165, 1.54) is 11.3 Å². The van der Waals surface area contributed by atoms with Crippen LogP contribution in [-0.2, 0) is 0 Å². The van der Waals surface area contributed by atoms with Crippen LogP contribution in [0.4, 0.5) is 10.9 Å². The van der Waals surface area contributed by atoms with Gasteiger partial charge in [-0.2, -0.15) is 0 Å². The van der Waals surface area contributed by atoms with Crippen molar-refractivity contribution in [2.24, 2.45) is 5.41 Å². The maximum atomic E-state index is 12.3. The molecule has 0 aliphatic heterocycles. The molecule has 20 heavy (non-hydrogen) atoms. The average Bonchev–Trinajstić information content (AvgIpc) is 2.91. The number of hydrogen-bond acceptors (Lipinski definition) is 5. The number of rotatable bonds is 4. The first-order chi connectivity index (χ1) is 9.32. The van der Waals surface area contributed by atoms with Crippen LogP contribution in [0.15, 0.2) is 0 Å². The average molecular weight is 296 g/mol. The molecule has 1 aromatic rings. The van der Waals surface area contributed by atoms with Crippen molar-refractivity contribution in [1.82, 2.24) is 10.3 Å². The number of thiazole rings is 1. The molecule has 1 aromatic heterocycles. The highest BCUT2D eigenvalue weighted by Gasteiger charge is 2.32. The number of aromatic nitrogens is 1. The van der Waals surface area contributed by atoms with Crippen LogP contribution in [0.3, 0.4) is 0 Å². The normalized spacial score (nSPS) is 20.9. The zero-order valence-corrected chi connectivity index (χ0v) is 13.5. The summed E-state index contributed by atoms with van der Waals surface area (Å²) in [5.74, 6) is 0.249. The van der Waals surface area contributed by atoms with Gasteiger partial charge in [0.15, 0.2) is 5.13 Å². The molecule has 6 heteroatoms. The molecule has 1 heterocycles. The minimum absolute atomic E-state index is 0.0848. The molecule has 1 aliphatic rings. The standard InChI is InChI=1S/C14H24N4OS/c1-5-18(4)13-17-11(15)10(20-13)12(19)16-9-6-7-14(2,3)8-9/h9H,5-8,15H2,1-4H3,(H,16,19). The lowest BCUT2D eigenvalue weighted by Gasteiger charge is -2.17. The molecule has 0 saturated heterocycles. The number of carbonyl (C=O) groups is 1. The van der Waals surface area contributed by atoms with Crippen molar-refractivity contribution in [1.29, 1.82) is 0 Å². The summed E-state index contributed by atoms with van der Waals surface area (Å²) >= 11 is 1.36. The third-order valence-corrected chi connectivity index (χ3v) is 5.14. The number of amides is 1. The Hall–Kier alpha value is -1.30. The summed E-state index contributed by atoms with van der Waals surface area (Å²) in [4.78, 5) is 19.1. The van der Waals surface area contributed by atoms with Crippen molar-refractivity contribution < 1.29 is 4.79 Å². The maximum absolute atomic E-state index is 12.3. The first-order valence-electron chi connectivity index (χ1n) is 7.10. The fourth-order valence-corrected chi connectivity index (χ4v) is 3.51. The van der Waals surface area contributed by atoms with E-state index in [1.54, 1.807) is 0 Å². The zero-order valence-electron chi connectivity index (χ0n) is 12.7. The number of carbonyl (C=O) groups excluding carboxylic acids is 1. The fraction of sp³-hybridized carbons (Fsp3) is 0.714. The molecule has 5 nitrogen and oxygen atoms in total. The molecule has 0 radical (unpaired) electrons. The molecule has 2 rings (SSSR count).